The van der Waals surface area contributed by atoms with Gasteiger partial charge in [-0.3, -0.25) is 14.6 Å². The third kappa shape index (κ3) is 7.20. The first-order valence-electron chi connectivity index (χ1n) is 18.9. The van der Waals surface area contributed by atoms with Crippen LogP contribution in [0.3, 0.4) is 0 Å². The van der Waals surface area contributed by atoms with E-state index in [1.807, 2.05) is 20.9 Å². The molecule has 6 aliphatic rings. The number of aryl methyl sites for hydroxylation is 1. The van der Waals surface area contributed by atoms with Crippen LogP contribution < -0.4 is 29.0 Å². The molecule has 0 aliphatic carbocycles. The maximum Gasteiger partial charge on any atom is 0.408 e. The number of carbonyl (C=O) groups excluding carboxylic acids is 3. The lowest BCUT2D eigenvalue weighted by Gasteiger charge is -2.60. The monoisotopic (exact) mass is 810 g/mol. The second kappa shape index (κ2) is 15.7. The molecular formula is C40H50N4O12S. The fraction of sp³-hybridized carbons (Fsp3) is 0.600. The van der Waals surface area contributed by atoms with E-state index in [-0.39, 0.29) is 25.9 Å². The van der Waals surface area contributed by atoms with Gasteiger partial charge in [-0.25, -0.2) is 9.59 Å². The summed E-state index contributed by atoms with van der Waals surface area (Å²) < 4.78 is 53.5. The molecule has 16 nitrogen and oxygen atoms in total. The Morgan fingerprint density at radius 1 is 1.07 bits per heavy atom. The number of cyclic esters (lactones) is 1. The number of nitriles is 1. The van der Waals surface area contributed by atoms with E-state index in [1.54, 1.807) is 35.0 Å². The van der Waals surface area contributed by atoms with Crippen LogP contribution in [0, 0.1) is 25.2 Å². The first kappa shape index (κ1) is 40.7. The van der Waals surface area contributed by atoms with Crippen molar-refractivity contribution in [3.63, 3.8) is 0 Å². The quantitative estimate of drug-likeness (QED) is 0.163. The Morgan fingerprint density at radius 2 is 1.82 bits per heavy atom. The van der Waals surface area contributed by atoms with Gasteiger partial charge in [0.25, 0.3) is 0 Å². The van der Waals surface area contributed by atoms with Gasteiger partial charge in [0, 0.05) is 61.0 Å². The van der Waals surface area contributed by atoms with Gasteiger partial charge >= 0.3 is 18.0 Å². The van der Waals surface area contributed by atoms with Gasteiger partial charge in [-0.2, -0.15) is 5.26 Å². The van der Waals surface area contributed by atoms with E-state index in [2.05, 4.69) is 27.3 Å². The molecule has 1 amide bonds. The Balaban J connectivity index is 1.47. The molecule has 308 valence electrons. The number of nitrogens with zero attached hydrogens (tertiary/aromatic N) is 3. The number of rotatable bonds is 9. The van der Waals surface area contributed by atoms with Crippen molar-refractivity contribution < 1.29 is 57.0 Å². The summed E-state index contributed by atoms with van der Waals surface area (Å²) in [5, 5.41) is 13.6. The third-order valence-corrected chi connectivity index (χ3v) is 12.4. The number of nitrogens with one attached hydrogen (secondary N) is 1. The smallest absolute Gasteiger partial charge is 0.408 e. The Bertz CT molecular complexity index is 2000. The van der Waals surface area contributed by atoms with Crippen molar-refractivity contribution in [3.05, 3.63) is 39.4 Å². The van der Waals surface area contributed by atoms with Crippen LogP contribution in [-0.2, 0) is 35.0 Å². The highest BCUT2D eigenvalue weighted by atomic mass is 32.2. The molecule has 2 aromatic rings. The van der Waals surface area contributed by atoms with Gasteiger partial charge in [0.1, 0.15) is 29.5 Å². The Morgan fingerprint density at radius 3 is 2.51 bits per heavy atom. The predicted octanol–water partition coefficient (Wildman–Crippen LogP) is 4.42. The second-order valence-corrected chi connectivity index (χ2v) is 17.1. The predicted molar refractivity (Wildman–Crippen MR) is 205 cm³/mol. The van der Waals surface area contributed by atoms with Crippen molar-refractivity contribution in [1.29, 1.82) is 5.26 Å². The molecule has 2 fully saturated rings. The van der Waals surface area contributed by atoms with Gasteiger partial charge in [-0.05, 0) is 52.8 Å². The van der Waals surface area contributed by atoms with Crippen LogP contribution >= 0.6 is 11.8 Å². The maximum atomic E-state index is 13.9. The van der Waals surface area contributed by atoms with E-state index in [0.717, 1.165) is 16.7 Å². The summed E-state index contributed by atoms with van der Waals surface area (Å²) in [5.74, 6) is 1.06. The van der Waals surface area contributed by atoms with Crippen LogP contribution in [0.1, 0.15) is 78.4 Å². The SMILES string of the molecule is COCCOCOc1c(OC)c(C)cc2c1[C@@H]1C3[C@@H]4SCC(NC(=O)OC(C)(C)C)C(=O)OCC(c5c6c(c(C)c(OC(C)=O)c54)OCO6)N3[C@](C#N)(C2)CN1C. The summed E-state index contributed by atoms with van der Waals surface area (Å²) in [6.45, 7) is 10.9. The number of hydrogen-bond acceptors (Lipinski definition) is 16. The molecular weight excluding hydrogens is 761 g/mol. The van der Waals surface area contributed by atoms with Crippen molar-refractivity contribution in [2.45, 2.75) is 88.5 Å². The number of ether oxygens (including phenoxy) is 9. The van der Waals surface area contributed by atoms with Gasteiger partial charge in [0.2, 0.25) is 6.79 Å². The number of benzene rings is 2. The average molecular weight is 811 g/mol. The number of amides is 1. The van der Waals surface area contributed by atoms with Crippen molar-refractivity contribution in [3.8, 4) is 34.8 Å². The highest BCUT2D eigenvalue weighted by Gasteiger charge is 2.63. The first-order chi connectivity index (χ1) is 27.1. The van der Waals surface area contributed by atoms with Gasteiger partial charge in [0.05, 0.1) is 43.7 Å². The summed E-state index contributed by atoms with van der Waals surface area (Å²) >= 11 is 1.39. The van der Waals surface area contributed by atoms with E-state index in [9.17, 15) is 19.6 Å². The molecule has 57 heavy (non-hydrogen) atoms. The fourth-order valence-electron chi connectivity index (χ4n) is 9.05. The number of esters is 2. The normalized spacial score (nSPS) is 27.2. The standard InChI is InChI=1S/C40H50N4O12S/c1-20-12-23-13-40(16-41)17-43(7)29(26(23)34(31(20)49-9)52-18-50-11-10-48-8)30-36-28-27(35-33(53-19-54-35)21(2)32(28)55-22(3)45)25(44(30)40)14-51-37(46)24(15-57-36)42-38(47)56-39(4,5)6/h12,24-25,29-30,36H,10-11,13-15,17-19H2,1-9H3,(H,42,47)/t24?,25?,29-,30?,36-,40+/m1/s1. The molecule has 6 aliphatic heterocycles. The minimum Gasteiger partial charge on any atom is -0.493 e. The molecule has 1 N–H and O–H groups in total. The van der Waals surface area contributed by atoms with Gasteiger partial charge in [0.15, 0.2) is 29.8 Å². The van der Waals surface area contributed by atoms with Gasteiger partial charge < -0.3 is 47.9 Å². The van der Waals surface area contributed by atoms with E-state index >= 15 is 0 Å². The molecule has 0 radical (unpaired) electrons. The van der Waals surface area contributed by atoms with Crippen LogP contribution in [0.4, 0.5) is 4.79 Å². The summed E-state index contributed by atoms with van der Waals surface area (Å²) in [6, 6.07) is 1.91. The molecule has 7 atom stereocenters. The number of likely N-dealkylation sites (N-methyl/N-ethyl adjacent to an activating group) is 1. The molecule has 2 saturated heterocycles. The van der Waals surface area contributed by atoms with Crippen molar-refractivity contribution in [2.24, 2.45) is 0 Å². The molecule has 4 unspecified atom stereocenters. The lowest BCUT2D eigenvalue weighted by atomic mass is 9.76. The number of thioether (sulfide) groups is 1. The minimum atomic E-state index is -1.17. The van der Waals surface area contributed by atoms with Crippen molar-refractivity contribution in [1.82, 2.24) is 15.1 Å². The summed E-state index contributed by atoms with van der Waals surface area (Å²) in [6.07, 6.45) is -0.471. The lowest BCUT2D eigenvalue weighted by Crippen LogP contribution is -2.69. The number of carbonyl (C=O) groups is 3. The maximum absolute atomic E-state index is 13.9. The van der Waals surface area contributed by atoms with Crippen LogP contribution in [0.2, 0.25) is 0 Å². The van der Waals surface area contributed by atoms with Gasteiger partial charge in [-0.1, -0.05) is 6.07 Å². The summed E-state index contributed by atoms with van der Waals surface area (Å²) in [4.78, 5) is 44.3. The number of fused-ring (bicyclic) bond motifs is 6. The van der Waals surface area contributed by atoms with Crippen LogP contribution in [0.15, 0.2) is 6.07 Å². The summed E-state index contributed by atoms with van der Waals surface area (Å²) in [5.41, 5.74) is 2.42. The Labute approximate surface area is 336 Å². The van der Waals surface area contributed by atoms with Crippen LogP contribution in [0.5, 0.6) is 28.7 Å². The molecule has 0 aromatic heterocycles. The number of hydrogen-bond donors (Lipinski definition) is 1. The van der Waals surface area contributed by atoms with Gasteiger partial charge in [-0.15, -0.1) is 11.8 Å². The topological polar surface area (TPSA) is 177 Å². The fourth-order valence-corrected chi connectivity index (χ4v) is 10.5. The first-order valence-corrected chi connectivity index (χ1v) is 19.9. The molecule has 4 bridgehead atoms. The Hall–Kier alpha value is -4.47. The van der Waals surface area contributed by atoms with E-state index < -0.39 is 58.6 Å². The zero-order chi connectivity index (χ0) is 41.0. The molecule has 17 heteroatoms. The molecule has 8 rings (SSSR count). The zero-order valence-corrected chi connectivity index (χ0v) is 34.6. The molecule has 2 aromatic carbocycles. The largest absolute Gasteiger partial charge is 0.493 e. The highest BCUT2D eigenvalue weighted by molar-refractivity contribution is 7.99. The average Bonchev–Trinajstić information content (AvgIpc) is 3.55. The zero-order valence-electron chi connectivity index (χ0n) is 33.8. The number of methoxy groups -OCH3 is 2. The second-order valence-electron chi connectivity index (χ2n) is 15.9. The van der Waals surface area contributed by atoms with Crippen LogP contribution in [0.25, 0.3) is 0 Å². The third-order valence-electron chi connectivity index (χ3n) is 11.0. The minimum absolute atomic E-state index is 0.0426. The Kier molecular flexibility index (Phi) is 11.2. The van der Waals surface area contributed by atoms with E-state index in [4.69, 9.17) is 42.6 Å². The number of piperazine rings is 1. The highest BCUT2D eigenvalue weighted by Crippen LogP contribution is 2.65. The molecule has 6 heterocycles. The van der Waals surface area contributed by atoms with E-state index in [0.29, 0.717) is 71.6 Å². The van der Waals surface area contributed by atoms with E-state index in [1.165, 1.54) is 18.7 Å². The molecule has 0 spiro atoms. The number of alkyl carbamates (subject to hydrolysis) is 1. The van der Waals surface area contributed by atoms with Crippen LogP contribution in [-0.4, -0.2) is 118 Å². The molecule has 0 saturated carbocycles. The lowest BCUT2D eigenvalue weighted by molar-refractivity contribution is -0.152. The van der Waals surface area contributed by atoms with Crippen molar-refractivity contribution >= 4 is 29.8 Å². The van der Waals surface area contributed by atoms with Crippen molar-refractivity contribution in [2.75, 3.05) is 67.0 Å². The summed E-state index contributed by atoms with van der Waals surface area (Å²) in [7, 11) is 5.17.